The highest BCUT2D eigenvalue weighted by Gasteiger charge is 2.18. The highest BCUT2D eigenvalue weighted by atomic mass is 19.1. The van der Waals surface area contributed by atoms with Crippen LogP contribution in [0, 0.1) is 11.7 Å². The molecule has 0 aliphatic rings. The second-order valence-electron chi connectivity index (χ2n) is 4.58. The molecular formula is C14H22FN. The maximum Gasteiger partial charge on any atom is 0.126 e. The minimum absolute atomic E-state index is 0.0838. The summed E-state index contributed by atoms with van der Waals surface area (Å²) in [6.07, 6.45) is 1.11. The number of rotatable bonds is 6. The molecule has 1 aromatic rings. The van der Waals surface area contributed by atoms with Gasteiger partial charge in [-0.2, -0.15) is 0 Å². The number of benzene rings is 1. The molecular weight excluding hydrogens is 201 g/mol. The third-order valence-corrected chi connectivity index (χ3v) is 2.90. The van der Waals surface area contributed by atoms with Crippen LogP contribution < -0.4 is 5.32 Å². The van der Waals surface area contributed by atoms with Gasteiger partial charge in [0.25, 0.3) is 0 Å². The third-order valence-electron chi connectivity index (χ3n) is 2.90. The first-order valence-electron chi connectivity index (χ1n) is 6.12. The van der Waals surface area contributed by atoms with Crippen molar-refractivity contribution in [3.8, 4) is 0 Å². The lowest BCUT2D eigenvalue weighted by atomic mass is 9.88. The molecule has 1 unspecified atom stereocenters. The van der Waals surface area contributed by atoms with Gasteiger partial charge in [0.1, 0.15) is 5.82 Å². The fourth-order valence-corrected chi connectivity index (χ4v) is 1.91. The summed E-state index contributed by atoms with van der Waals surface area (Å²) < 4.78 is 13.7. The van der Waals surface area contributed by atoms with Gasteiger partial charge >= 0.3 is 0 Å². The number of hydrogen-bond donors (Lipinski definition) is 1. The quantitative estimate of drug-likeness (QED) is 0.727. The summed E-state index contributed by atoms with van der Waals surface area (Å²) in [6.45, 7) is 8.28. The Balaban J connectivity index is 2.74. The molecule has 1 aromatic carbocycles. The Labute approximate surface area is 98.1 Å². The van der Waals surface area contributed by atoms with Gasteiger partial charge in [0, 0.05) is 12.5 Å². The van der Waals surface area contributed by atoms with Crippen molar-refractivity contribution in [2.75, 3.05) is 13.1 Å². The van der Waals surface area contributed by atoms with Crippen molar-refractivity contribution in [2.24, 2.45) is 5.92 Å². The molecule has 0 saturated carbocycles. The molecule has 0 bridgehead atoms. The largest absolute Gasteiger partial charge is 0.316 e. The summed E-state index contributed by atoms with van der Waals surface area (Å²) in [5.74, 6) is 0.619. The van der Waals surface area contributed by atoms with Crippen molar-refractivity contribution in [1.82, 2.24) is 5.32 Å². The topological polar surface area (TPSA) is 12.0 Å². The zero-order valence-corrected chi connectivity index (χ0v) is 10.5. The van der Waals surface area contributed by atoms with Crippen LogP contribution in [-0.2, 0) is 0 Å². The summed E-state index contributed by atoms with van der Waals surface area (Å²) >= 11 is 0. The van der Waals surface area contributed by atoms with Crippen LogP contribution in [0.25, 0.3) is 0 Å². The van der Waals surface area contributed by atoms with Gasteiger partial charge in [0.2, 0.25) is 0 Å². The molecule has 0 aliphatic carbocycles. The van der Waals surface area contributed by atoms with Gasteiger partial charge in [-0.3, -0.25) is 0 Å². The average molecular weight is 223 g/mol. The van der Waals surface area contributed by atoms with Gasteiger partial charge < -0.3 is 5.32 Å². The molecule has 1 rings (SSSR count). The van der Waals surface area contributed by atoms with Gasteiger partial charge in [-0.05, 0) is 30.5 Å². The third kappa shape index (κ3) is 3.60. The molecule has 0 spiro atoms. The minimum Gasteiger partial charge on any atom is -0.316 e. The zero-order valence-electron chi connectivity index (χ0n) is 10.5. The SMILES string of the molecule is CCCNCC(c1ccccc1F)C(C)C. The van der Waals surface area contributed by atoms with E-state index in [9.17, 15) is 4.39 Å². The first-order chi connectivity index (χ1) is 7.66. The van der Waals surface area contributed by atoms with E-state index in [1.807, 2.05) is 12.1 Å². The van der Waals surface area contributed by atoms with Crippen molar-refractivity contribution < 1.29 is 4.39 Å². The lowest BCUT2D eigenvalue weighted by molar-refractivity contribution is 0.443. The predicted molar refractivity (Wildman–Crippen MR) is 67.1 cm³/mol. The molecule has 1 atom stereocenters. The molecule has 0 heterocycles. The van der Waals surface area contributed by atoms with E-state index < -0.39 is 0 Å². The van der Waals surface area contributed by atoms with E-state index in [1.165, 1.54) is 0 Å². The van der Waals surface area contributed by atoms with E-state index in [4.69, 9.17) is 0 Å². The average Bonchev–Trinajstić information content (AvgIpc) is 2.25. The van der Waals surface area contributed by atoms with Gasteiger partial charge in [0.05, 0.1) is 0 Å². The van der Waals surface area contributed by atoms with Crippen LogP contribution in [0.5, 0.6) is 0 Å². The van der Waals surface area contributed by atoms with Crippen molar-refractivity contribution >= 4 is 0 Å². The molecule has 90 valence electrons. The lowest BCUT2D eigenvalue weighted by Gasteiger charge is -2.22. The minimum atomic E-state index is -0.0838. The molecule has 0 fully saturated rings. The van der Waals surface area contributed by atoms with E-state index >= 15 is 0 Å². The molecule has 0 amide bonds. The number of halogens is 1. The molecule has 1 nitrogen and oxygen atoms in total. The predicted octanol–water partition coefficient (Wildman–Crippen LogP) is 3.56. The van der Waals surface area contributed by atoms with E-state index in [-0.39, 0.29) is 11.7 Å². The summed E-state index contributed by atoms with van der Waals surface area (Å²) in [5.41, 5.74) is 0.834. The van der Waals surface area contributed by atoms with Crippen LogP contribution in [0.15, 0.2) is 24.3 Å². The van der Waals surface area contributed by atoms with Crippen LogP contribution in [0.1, 0.15) is 38.7 Å². The maximum absolute atomic E-state index is 13.7. The van der Waals surface area contributed by atoms with Crippen LogP contribution in [0.3, 0.4) is 0 Å². The van der Waals surface area contributed by atoms with Crippen molar-refractivity contribution in [3.63, 3.8) is 0 Å². The van der Waals surface area contributed by atoms with Gasteiger partial charge in [-0.15, -0.1) is 0 Å². The van der Waals surface area contributed by atoms with Crippen molar-refractivity contribution in [2.45, 2.75) is 33.1 Å². The first kappa shape index (κ1) is 13.2. The number of hydrogen-bond acceptors (Lipinski definition) is 1. The Kier molecular flexibility index (Phi) is 5.47. The molecule has 0 aliphatic heterocycles. The maximum atomic E-state index is 13.7. The van der Waals surface area contributed by atoms with Gasteiger partial charge in [0.15, 0.2) is 0 Å². The second kappa shape index (κ2) is 6.64. The second-order valence-corrected chi connectivity index (χ2v) is 4.58. The normalized spacial score (nSPS) is 13.1. The Hall–Kier alpha value is -0.890. The van der Waals surface area contributed by atoms with Crippen LogP contribution in [-0.4, -0.2) is 13.1 Å². The Morgan fingerprint density at radius 3 is 2.50 bits per heavy atom. The molecule has 2 heteroatoms. The highest BCUT2D eigenvalue weighted by molar-refractivity contribution is 5.22. The monoisotopic (exact) mass is 223 g/mol. The zero-order chi connectivity index (χ0) is 12.0. The van der Waals surface area contributed by atoms with E-state index in [1.54, 1.807) is 12.1 Å². The van der Waals surface area contributed by atoms with E-state index in [0.717, 1.165) is 25.1 Å². The van der Waals surface area contributed by atoms with Gasteiger partial charge in [-0.25, -0.2) is 4.39 Å². The molecule has 0 aromatic heterocycles. The smallest absolute Gasteiger partial charge is 0.126 e. The summed E-state index contributed by atoms with van der Waals surface area (Å²) in [5, 5.41) is 3.38. The molecule has 16 heavy (non-hydrogen) atoms. The fraction of sp³-hybridized carbons (Fsp3) is 0.571. The Morgan fingerprint density at radius 2 is 1.94 bits per heavy atom. The van der Waals surface area contributed by atoms with Gasteiger partial charge in [-0.1, -0.05) is 39.0 Å². The summed E-state index contributed by atoms with van der Waals surface area (Å²) in [7, 11) is 0. The Morgan fingerprint density at radius 1 is 1.25 bits per heavy atom. The van der Waals surface area contributed by atoms with Crippen LogP contribution >= 0.6 is 0 Å². The van der Waals surface area contributed by atoms with Crippen LogP contribution in [0.2, 0.25) is 0 Å². The first-order valence-corrected chi connectivity index (χ1v) is 6.12. The summed E-state index contributed by atoms with van der Waals surface area (Å²) in [4.78, 5) is 0. The molecule has 0 radical (unpaired) electrons. The van der Waals surface area contributed by atoms with Crippen molar-refractivity contribution in [1.29, 1.82) is 0 Å². The molecule has 0 saturated heterocycles. The standard InChI is InChI=1S/C14H22FN/c1-4-9-16-10-13(11(2)3)12-7-5-6-8-14(12)15/h5-8,11,13,16H,4,9-10H2,1-3H3. The number of nitrogens with one attached hydrogen (secondary N) is 1. The lowest BCUT2D eigenvalue weighted by Crippen LogP contribution is -2.26. The van der Waals surface area contributed by atoms with E-state index in [2.05, 4.69) is 26.1 Å². The van der Waals surface area contributed by atoms with E-state index in [0.29, 0.717) is 5.92 Å². The molecule has 1 N–H and O–H groups in total. The summed E-state index contributed by atoms with van der Waals surface area (Å²) in [6, 6.07) is 7.10. The van der Waals surface area contributed by atoms with Crippen molar-refractivity contribution in [3.05, 3.63) is 35.6 Å². The van der Waals surface area contributed by atoms with Crippen LogP contribution in [0.4, 0.5) is 4.39 Å². The fourth-order valence-electron chi connectivity index (χ4n) is 1.91. The Bertz CT molecular complexity index is 309. The highest BCUT2D eigenvalue weighted by Crippen LogP contribution is 2.25.